The zero-order chi connectivity index (χ0) is 22.8. The van der Waals surface area contributed by atoms with E-state index in [0.29, 0.717) is 16.9 Å². The highest BCUT2D eigenvalue weighted by Gasteiger charge is 2.12. The topological polar surface area (TPSA) is 93.8 Å². The molecule has 0 unspecified atom stereocenters. The second-order valence-corrected chi connectivity index (χ2v) is 7.90. The predicted molar refractivity (Wildman–Crippen MR) is 125 cm³/mol. The molecule has 0 saturated heterocycles. The van der Waals surface area contributed by atoms with E-state index in [9.17, 15) is 9.59 Å². The molecule has 0 fully saturated rings. The average Bonchev–Trinajstić information content (AvgIpc) is 3.23. The van der Waals surface area contributed by atoms with Gasteiger partial charge in [0.2, 0.25) is 5.91 Å². The lowest BCUT2D eigenvalue weighted by Crippen LogP contribution is -2.12. The van der Waals surface area contributed by atoms with E-state index in [4.69, 9.17) is 4.98 Å². The summed E-state index contributed by atoms with van der Waals surface area (Å²) in [7, 11) is 2.00. The molecule has 0 spiro atoms. The van der Waals surface area contributed by atoms with Crippen LogP contribution in [-0.4, -0.2) is 31.1 Å². The van der Waals surface area contributed by atoms with Crippen LogP contribution in [0.3, 0.4) is 0 Å². The number of rotatable bonds is 6. The molecular weight excluding hydrogens is 404 g/mol. The number of anilines is 2. The van der Waals surface area contributed by atoms with Gasteiger partial charge in [-0.15, -0.1) is 0 Å². The minimum Gasteiger partial charge on any atom is -0.331 e. The number of hydrogen-bond donors (Lipinski definition) is 2. The summed E-state index contributed by atoms with van der Waals surface area (Å²) < 4.78 is 4.07. The zero-order valence-corrected chi connectivity index (χ0v) is 18.6. The number of aryl methyl sites for hydroxylation is 5. The van der Waals surface area contributed by atoms with Crippen molar-refractivity contribution in [2.75, 3.05) is 10.6 Å². The molecule has 4 aromatic rings. The fourth-order valence-electron chi connectivity index (χ4n) is 3.77. The van der Waals surface area contributed by atoms with Crippen molar-refractivity contribution in [1.82, 2.24) is 19.3 Å². The molecule has 0 bridgehead atoms. The first kappa shape index (κ1) is 21.3. The van der Waals surface area contributed by atoms with Crippen molar-refractivity contribution in [3.05, 3.63) is 71.3 Å². The molecule has 4 rings (SSSR count). The van der Waals surface area contributed by atoms with Crippen molar-refractivity contribution in [3.8, 4) is 0 Å². The summed E-state index contributed by atoms with van der Waals surface area (Å²) in [5.41, 5.74) is 5.81. The molecule has 2 amide bonds. The average molecular weight is 431 g/mol. The minimum absolute atomic E-state index is 0.153. The second-order valence-electron chi connectivity index (χ2n) is 7.90. The summed E-state index contributed by atoms with van der Waals surface area (Å²) in [6.07, 6.45) is 0.759. The highest BCUT2D eigenvalue weighted by atomic mass is 16.2. The highest BCUT2D eigenvalue weighted by molar-refractivity contribution is 6.05. The molecule has 0 aliphatic rings. The SMILES string of the molecule is CC(=O)Nc1ccc(C(=O)Nc2ccc3c(c2)nc(CCn2nc(C)cc2C)n3C)cc1. The van der Waals surface area contributed by atoms with Crippen molar-refractivity contribution in [2.24, 2.45) is 7.05 Å². The Hall–Kier alpha value is -3.94. The molecule has 8 nitrogen and oxygen atoms in total. The Balaban J connectivity index is 1.47. The van der Waals surface area contributed by atoms with Gasteiger partial charge in [0, 0.05) is 49.6 Å². The maximum absolute atomic E-state index is 12.6. The molecule has 0 saturated carbocycles. The number of nitrogens with one attached hydrogen (secondary N) is 2. The van der Waals surface area contributed by atoms with Crippen LogP contribution in [0.2, 0.25) is 0 Å². The van der Waals surface area contributed by atoms with Crippen LogP contribution < -0.4 is 10.6 Å². The first-order valence-electron chi connectivity index (χ1n) is 10.5. The fourth-order valence-corrected chi connectivity index (χ4v) is 3.77. The third kappa shape index (κ3) is 4.54. The summed E-state index contributed by atoms with van der Waals surface area (Å²) in [5.74, 6) is 0.587. The number of aromatic nitrogens is 4. The van der Waals surface area contributed by atoms with Gasteiger partial charge in [0.05, 0.1) is 16.7 Å². The van der Waals surface area contributed by atoms with E-state index in [-0.39, 0.29) is 11.8 Å². The highest BCUT2D eigenvalue weighted by Crippen LogP contribution is 2.21. The van der Waals surface area contributed by atoms with Gasteiger partial charge in [-0.3, -0.25) is 14.3 Å². The minimum atomic E-state index is -0.223. The van der Waals surface area contributed by atoms with Crippen molar-refractivity contribution in [1.29, 1.82) is 0 Å². The first-order valence-corrected chi connectivity index (χ1v) is 10.5. The lowest BCUT2D eigenvalue weighted by molar-refractivity contribution is -0.114. The normalized spacial score (nSPS) is 11.0. The van der Waals surface area contributed by atoms with E-state index in [1.165, 1.54) is 6.92 Å². The maximum Gasteiger partial charge on any atom is 0.255 e. The number of benzene rings is 2. The zero-order valence-electron chi connectivity index (χ0n) is 18.6. The van der Waals surface area contributed by atoms with Crippen LogP contribution in [0, 0.1) is 13.8 Å². The van der Waals surface area contributed by atoms with E-state index in [2.05, 4.69) is 33.3 Å². The summed E-state index contributed by atoms with van der Waals surface area (Å²) in [6, 6.07) is 14.5. The fraction of sp³-hybridized carbons (Fsp3) is 0.250. The Morgan fingerprint density at radius 2 is 1.69 bits per heavy atom. The van der Waals surface area contributed by atoms with Gasteiger partial charge in [-0.05, 0) is 62.4 Å². The van der Waals surface area contributed by atoms with Crippen LogP contribution in [0.4, 0.5) is 11.4 Å². The van der Waals surface area contributed by atoms with E-state index >= 15 is 0 Å². The molecule has 2 N–H and O–H groups in total. The van der Waals surface area contributed by atoms with Crippen molar-refractivity contribution < 1.29 is 9.59 Å². The van der Waals surface area contributed by atoms with Crippen LogP contribution in [0.1, 0.15) is 34.5 Å². The monoisotopic (exact) mass is 430 g/mol. The summed E-state index contributed by atoms with van der Waals surface area (Å²) in [5, 5.41) is 10.1. The Labute approximate surface area is 186 Å². The molecule has 2 aromatic heterocycles. The summed E-state index contributed by atoms with van der Waals surface area (Å²) >= 11 is 0. The van der Waals surface area contributed by atoms with E-state index in [0.717, 1.165) is 41.2 Å². The molecule has 0 aliphatic heterocycles. The van der Waals surface area contributed by atoms with E-state index < -0.39 is 0 Å². The number of hydrogen-bond acceptors (Lipinski definition) is 4. The molecule has 2 heterocycles. The quantitative estimate of drug-likeness (QED) is 0.486. The Kier molecular flexibility index (Phi) is 5.77. The van der Waals surface area contributed by atoms with Gasteiger partial charge in [0.1, 0.15) is 5.82 Å². The molecule has 2 aromatic carbocycles. The van der Waals surface area contributed by atoms with Crippen molar-refractivity contribution in [2.45, 2.75) is 33.7 Å². The number of amides is 2. The molecule has 164 valence electrons. The number of carbonyl (C=O) groups is 2. The summed E-state index contributed by atoms with van der Waals surface area (Å²) in [6.45, 7) is 6.25. The van der Waals surface area contributed by atoms with Crippen LogP contribution in [0.5, 0.6) is 0 Å². The van der Waals surface area contributed by atoms with Gasteiger partial charge in [-0.1, -0.05) is 0 Å². The first-order chi connectivity index (χ1) is 15.3. The largest absolute Gasteiger partial charge is 0.331 e. The van der Waals surface area contributed by atoms with E-state index in [1.807, 2.05) is 36.9 Å². The smallest absolute Gasteiger partial charge is 0.255 e. The summed E-state index contributed by atoms with van der Waals surface area (Å²) in [4.78, 5) is 28.5. The van der Waals surface area contributed by atoms with Gasteiger partial charge in [0.25, 0.3) is 5.91 Å². The van der Waals surface area contributed by atoms with Crippen LogP contribution >= 0.6 is 0 Å². The molecule has 0 aliphatic carbocycles. The standard InChI is InChI=1S/C24H26N6O2/c1-15-13-16(2)30(28-15)12-11-23-27-21-14-20(9-10-22(21)29(23)4)26-24(32)18-5-7-19(8-6-18)25-17(3)31/h5-10,13-14H,11-12H2,1-4H3,(H,25,31)(H,26,32). The Morgan fingerprint density at radius 3 is 2.34 bits per heavy atom. The molecule has 8 heteroatoms. The van der Waals surface area contributed by atoms with Crippen molar-refractivity contribution in [3.63, 3.8) is 0 Å². The number of fused-ring (bicyclic) bond motifs is 1. The van der Waals surface area contributed by atoms with Crippen LogP contribution in [0.15, 0.2) is 48.5 Å². The van der Waals surface area contributed by atoms with Gasteiger partial charge in [-0.25, -0.2) is 4.98 Å². The molecule has 32 heavy (non-hydrogen) atoms. The third-order valence-corrected chi connectivity index (χ3v) is 5.35. The van der Waals surface area contributed by atoms with Gasteiger partial charge in [-0.2, -0.15) is 5.10 Å². The number of carbonyl (C=O) groups excluding carboxylic acids is 2. The lowest BCUT2D eigenvalue weighted by Gasteiger charge is -2.07. The Morgan fingerprint density at radius 1 is 0.969 bits per heavy atom. The molecular formula is C24H26N6O2. The third-order valence-electron chi connectivity index (χ3n) is 5.35. The van der Waals surface area contributed by atoms with Gasteiger partial charge >= 0.3 is 0 Å². The van der Waals surface area contributed by atoms with Crippen LogP contribution in [-0.2, 0) is 24.8 Å². The second kappa shape index (κ2) is 8.66. The number of nitrogens with zero attached hydrogens (tertiary/aromatic N) is 4. The molecule has 0 atom stereocenters. The van der Waals surface area contributed by atoms with Gasteiger partial charge in [0.15, 0.2) is 0 Å². The van der Waals surface area contributed by atoms with Crippen molar-refractivity contribution >= 4 is 34.2 Å². The number of imidazole rings is 1. The van der Waals surface area contributed by atoms with Gasteiger partial charge < -0.3 is 15.2 Å². The lowest BCUT2D eigenvalue weighted by atomic mass is 10.2. The maximum atomic E-state index is 12.6. The van der Waals surface area contributed by atoms with E-state index in [1.54, 1.807) is 24.3 Å². The molecule has 0 radical (unpaired) electrons. The Bertz CT molecular complexity index is 1300. The predicted octanol–water partition coefficient (Wildman–Crippen LogP) is 3.84. The van der Waals surface area contributed by atoms with Crippen LogP contribution in [0.25, 0.3) is 11.0 Å².